The molecule has 0 amide bonds. The van der Waals surface area contributed by atoms with Crippen LogP contribution in [0, 0.1) is 11.3 Å². The first-order valence-corrected chi connectivity index (χ1v) is 12.8. The molecular formula is C26H23N3O2S2. The molecule has 0 bridgehead atoms. The van der Waals surface area contributed by atoms with Gasteiger partial charge in [0.15, 0.2) is 5.16 Å². The highest BCUT2D eigenvalue weighted by molar-refractivity contribution is 7.98. The molecule has 4 aromatic rings. The molecule has 0 spiro atoms. The number of ether oxygens (including phenoxy) is 1. The fraction of sp³-hybridized carbons (Fsp3) is 0.269. The second kappa shape index (κ2) is 9.42. The third-order valence-corrected chi connectivity index (χ3v) is 8.21. The molecule has 0 saturated heterocycles. The molecule has 1 aliphatic carbocycles. The van der Waals surface area contributed by atoms with Crippen molar-refractivity contribution in [3.63, 3.8) is 0 Å². The third kappa shape index (κ3) is 4.17. The number of hydrogen-bond donors (Lipinski definition) is 0. The molecule has 33 heavy (non-hydrogen) atoms. The second-order valence-electron chi connectivity index (χ2n) is 8.04. The first-order chi connectivity index (χ1) is 16.2. The molecule has 5 rings (SSSR count). The van der Waals surface area contributed by atoms with Gasteiger partial charge in [-0.15, -0.1) is 11.3 Å². The zero-order chi connectivity index (χ0) is 22.8. The summed E-state index contributed by atoms with van der Waals surface area (Å²) in [4.78, 5) is 21.0. The Morgan fingerprint density at radius 2 is 1.91 bits per heavy atom. The summed E-state index contributed by atoms with van der Waals surface area (Å²) >= 11 is 3.16. The summed E-state index contributed by atoms with van der Waals surface area (Å²) < 4.78 is 7.03. The molecule has 2 aromatic carbocycles. The number of nitriles is 1. The number of aryl methyl sites for hydroxylation is 2. The van der Waals surface area contributed by atoms with E-state index in [1.165, 1.54) is 35.0 Å². The van der Waals surface area contributed by atoms with E-state index in [2.05, 4.69) is 6.07 Å². The maximum Gasteiger partial charge on any atom is 0.267 e. The van der Waals surface area contributed by atoms with E-state index in [-0.39, 0.29) is 5.56 Å². The lowest BCUT2D eigenvalue weighted by Gasteiger charge is -2.13. The Morgan fingerprint density at radius 1 is 1.12 bits per heavy atom. The molecule has 2 aromatic heterocycles. The molecule has 1 aliphatic rings. The third-order valence-electron chi connectivity index (χ3n) is 6.03. The zero-order valence-corrected chi connectivity index (χ0v) is 20.0. The van der Waals surface area contributed by atoms with Crippen LogP contribution in [0.1, 0.15) is 40.8 Å². The highest BCUT2D eigenvalue weighted by Crippen LogP contribution is 2.35. The van der Waals surface area contributed by atoms with E-state index in [1.54, 1.807) is 23.0 Å². The van der Waals surface area contributed by atoms with Crippen LogP contribution in [0.5, 0.6) is 5.75 Å². The van der Waals surface area contributed by atoms with E-state index in [9.17, 15) is 10.1 Å². The molecule has 0 N–H and O–H groups in total. The maximum absolute atomic E-state index is 13.9. The van der Waals surface area contributed by atoms with Gasteiger partial charge in [0.05, 0.1) is 29.8 Å². The van der Waals surface area contributed by atoms with Crippen LogP contribution in [0.3, 0.4) is 0 Å². The molecule has 7 heteroatoms. The second-order valence-corrected chi connectivity index (χ2v) is 10.1. The average Bonchev–Trinajstić information content (AvgIpc) is 3.04. The van der Waals surface area contributed by atoms with Crippen LogP contribution in [0.2, 0.25) is 0 Å². The summed E-state index contributed by atoms with van der Waals surface area (Å²) in [7, 11) is 1.63. The van der Waals surface area contributed by atoms with Gasteiger partial charge < -0.3 is 4.74 Å². The van der Waals surface area contributed by atoms with E-state index < -0.39 is 0 Å². The predicted octanol–water partition coefficient (Wildman–Crippen LogP) is 5.89. The van der Waals surface area contributed by atoms with Gasteiger partial charge in [0, 0.05) is 10.6 Å². The summed E-state index contributed by atoms with van der Waals surface area (Å²) in [6.07, 6.45) is 5.45. The largest absolute Gasteiger partial charge is 0.497 e. The first kappa shape index (κ1) is 21.7. The van der Waals surface area contributed by atoms with Gasteiger partial charge in [0.2, 0.25) is 0 Å². The lowest BCUT2D eigenvalue weighted by molar-refractivity contribution is 0.414. The normalized spacial score (nSPS) is 13.3. The van der Waals surface area contributed by atoms with Crippen LogP contribution in [0.15, 0.2) is 58.5 Å². The topological polar surface area (TPSA) is 67.9 Å². The number of methoxy groups -OCH3 is 1. The van der Waals surface area contributed by atoms with Crippen LogP contribution >= 0.6 is 23.1 Å². The van der Waals surface area contributed by atoms with E-state index in [4.69, 9.17) is 9.72 Å². The van der Waals surface area contributed by atoms with Gasteiger partial charge in [0.25, 0.3) is 5.56 Å². The van der Waals surface area contributed by atoms with Crippen LogP contribution in [0.4, 0.5) is 0 Å². The SMILES string of the molecule is COc1ccc(-n2c(SCc3ccccc3C#N)nc3sc4c(c3c2=O)CCCCC4)cc1. The average molecular weight is 474 g/mol. The molecule has 5 nitrogen and oxygen atoms in total. The van der Waals surface area contributed by atoms with Crippen molar-refractivity contribution in [1.82, 2.24) is 9.55 Å². The maximum atomic E-state index is 13.9. The van der Waals surface area contributed by atoms with Gasteiger partial charge in [-0.1, -0.05) is 36.4 Å². The van der Waals surface area contributed by atoms with Gasteiger partial charge in [-0.3, -0.25) is 9.36 Å². The highest BCUT2D eigenvalue weighted by Gasteiger charge is 2.22. The van der Waals surface area contributed by atoms with Crippen molar-refractivity contribution in [2.45, 2.75) is 43.0 Å². The fourth-order valence-electron chi connectivity index (χ4n) is 4.32. The lowest BCUT2D eigenvalue weighted by Crippen LogP contribution is -2.22. The minimum atomic E-state index is -0.0133. The molecule has 0 aliphatic heterocycles. The molecule has 0 radical (unpaired) electrons. The lowest BCUT2D eigenvalue weighted by atomic mass is 10.1. The van der Waals surface area contributed by atoms with Gasteiger partial charge in [-0.25, -0.2) is 4.98 Å². The quantitative estimate of drug-likeness (QED) is 0.205. The fourth-order valence-corrected chi connectivity index (χ4v) is 6.64. The standard InChI is InChI=1S/C26H23N3O2S2/c1-31-20-13-11-19(12-14-20)29-25(30)23-21-9-3-2-4-10-22(21)33-24(23)28-26(29)32-16-18-8-6-5-7-17(18)15-27/h5-8,11-14H,2-4,9-10,16H2,1H3. The first-order valence-electron chi connectivity index (χ1n) is 11.0. The monoisotopic (exact) mass is 473 g/mol. The van der Waals surface area contributed by atoms with Gasteiger partial charge in [-0.2, -0.15) is 5.26 Å². The van der Waals surface area contributed by atoms with Crippen LogP contribution < -0.4 is 10.3 Å². The van der Waals surface area contributed by atoms with Gasteiger partial charge >= 0.3 is 0 Å². The Bertz CT molecular complexity index is 1410. The summed E-state index contributed by atoms with van der Waals surface area (Å²) in [5.41, 5.74) is 3.52. The van der Waals surface area contributed by atoms with Gasteiger partial charge in [0.1, 0.15) is 10.6 Å². The van der Waals surface area contributed by atoms with Crippen LogP contribution in [-0.2, 0) is 18.6 Å². The molecule has 0 unspecified atom stereocenters. The Hall–Kier alpha value is -3.08. The molecule has 0 saturated carbocycles. The van der Waals surface area contributed by atoms with Crippen LogP contribution in [-0.4, -0.2) is 16.7 Å². The van der Waals surface area contributed by atoms with E-state index >= 15 is 0 Å². The number of rotatable bonds is 5. The number of fused-ring (bicyclic) bond motifs is 3. The Balaban J connectivity index is 1.66. The van der Waals surface area contributed by atoms with Crippen molar-refractivity contribution in [3.8, 4) is 17.5 Å². The van der Waals surface area contributed by atoms with E-state index in [0.717, 1.165) is 46.5 Å². The van der Waals surface area contributed by atoms with E-state index in [0.29, 0.717) is 16.5 Å². The van der Waals surface area contributed by atoms with Crippen molar-refractivity contribution in [1.29, 1.82) is 5.26 Å². The molecular weight excluding hydrogens is 450 g/mol. The Labute approximate surface area is 200 Å². The minimum Gasteiger partial charge on any atom is -0.497 e. The number of nitrogens with zero attached hydrogens (tertiary/aromatic N) is 3. The number of hydrogen-bond acceptors (Lipinski definition) is 6. The van der Waals surface area contributed by atoms with Crippen molar-refractivity contribution >= 4 is 33.3 Å². The summed E-state index contributed by atoms with van der Waals surface area (Å²) in [6.45, 7) is 0. The molecule has 2 heterocycles. The minimum absolute atomic E-state index is 0.0133. The van der Waals surface area contributed by atoms with Gasteiger partial charge in [-0.05, 0) is 67.1 Å². The Kier molecular flexibility index (Phi) is 6.21. The highest BCUT2D eigenvalue weighted by atomic mass is 32.2. The summed E-state index contributed by atoms with van der Waals surface area (Å²) in [6, 6.07) is 17.3. The molecule has 0 fully saturated rings. The number of thiophene rings is 1. The predicted molar refractivity (Wildman–Crippen MR) is 134 cm³/mol. The summed E-state index contributed by atoms with van der Waals surface area (Å²) in [5.74, 6) is 1.30. The van der Waals surface area contributed by atoms with Crippen molar-refractivity contribution < 1.29 is 4.74 Å². The zero-order valence-electron chi connectivity index (χ0n) is 18.3. The molecule has 166 valence electrons. The molecule has 0 atom stereocenters. The Morgan fingerprint density at radius 3 is 2.70 bits per heavy atom. The number of aromatic nitrogens is 2. The van der Waals surface area contributed by atoms with Crippen LogP contribution in [0.25, 0.3) is 15.9 Å². The summed E-state index contributed by atoms with van der Waals surface area (Å²) in [5, 5.41) is 10.9. The smallest absolute Gasteiger partial charge is 0.267 e. The van der Waals surface area contributed by atoms with Crippen molar-refractivity contribution in [3.05, 3.63) is 80.5 Å². The number of benzene rings is 2. The number of thioether (sulfide) groups is 1. The van der Waals surface area contributed by atoms with Crippen molar-refractivity contribution in [2.24, 2.45) is 0 Å². The van der Waals surface area contributed by atoms with E-state index in [1.807, 2.05) is 48.5 Å². The van der Waals surface area contributed by atoms with Crippen molar-refractivity contribution in [2.75, 3.05) is 7.11 Å².